The van der Waals surface area contributed by atoms with Gasteiger partial charge in [-0.05, 0) is 23.8 Å². The first-order valence-electron chi connectivity index (χ1n) is 8.59. The lowest BCUT2D eigenvalue weighted by molar-refractivity contribution is 0.407. The van der Waals surface area contributed by atoms with Gasteiger partial charge in [0.2, 0.25) is 0 Å². The minimum atomic E-state index is -0.481. The molecule has 4 aromatic rings. The van der Waals surface area contributed by atoms with E-state index in [0.717, 1.165) is 27.7 Å². The number of ether oxygens (including phenoxy) is 1. The van der Waals surface area contributed by atoms with Crippen LogP contribution in [-0.2, 0) is 7.05 Å². The van der Waals surface area contributed by atoms with E-state index in [9.17, 15) is 4.39 Å². The third-order valence-corrected chi connectivity index (χ3v) is 5.53. The Morgan fingerprint density at radius 2 is 2.07 bits per heavy atom. The number of halogens is 3. The van der Waals surface area contributed by atoms with Crippen molar-refractivity contribution < 1.29 is 9.13 Å². The first-order valence-corrected chi connectivity index (χ1v) is 9.34. The van der Waals surface area contributed by atoms with E-state index in [0.29, 0.717) is 16.5 Å². The Balaban J connectivity index is 1.87. The summed E-state index contributed by atoms with van der Waals surface area (Å²) in [4.78, 5) is 7.66. The quantitative estimate of drug-likeness (QED) is 0.471. The number of aryl methyl sites for hydroxylation is 1. The van der Waals surface area contributed by atoms with Crippen molar-refractivity contribution in [2.24, 2.45) is 7.05 Å². The first kappa shape index (κ1) is 18.8. The van der Waals surface area contributed by atoms with E-state index >= 15 is 0 Å². The number of nitrogens with one attached hydrogen (secondary N) is 1. The zero-order valence-corrected chi connectivity index (χ0v) is 16.9. The van der Waals surface area contributed by atoms with Crippen LogP contribution in [0, 0.1) is 5.82 Å². The Morgan fingerprint density at radius 1 is 1.29 bits per heavy atom. The molecule has 0 aliphatic rings. The third-order valence-electron chi connectivity index (χ3n) is 4.87. The molecule has 0 aliphatic carbocycles. The number of aromatic amines is 1. The van der Waals surface area contributed by atoms with Crippen LogP contribution in [0.1, 0.15) is 24.0 Å². The molecule has 3 aromatic heterocycles. The summed E-state index contributed by atoms with van der Waals surface area (Å²) in [5.74, 6) is -0.175. The van der Waals surface area contributed by atoms with Gasteiger partial charge < -0.3 is 9.72 Å². The normalized spacial score (nSPS) is 12.5. The van der Waals surface area contributed by atoms with Gasteiger partial charge >= 0.3 is 0 Å². The predicted molar refractivity (Wildman–Crippen MR) is 109 cm³/mol. The maximum Gasteiger partial charge on any atom is 0.158 e. The van der Waals surface area contributed by atoms with Gasteiger partial charge in [0.15, 0.2) is 5.15 Å². The molecule has 1 N–H and O–H groups in total. The van der Waals surface area contributed by atoms with Crippen molar-refractivity contribution in [2.45, 2.75) is 12.8 Å². The van der Waals surface area contributed by atoms with Crippen molar-refractivity contribution in [1.29, 1.82) is 0 Å². The van der Waals surface area contributed by atoms with Gasteiger partial charge in [-0.2, -0.15) is 5.10 Å². The highest BCUT2D eigenvalue weighted by Crippen LogP contribution is 2.41. The predicted octanol–water partition coefficient (Wildman–Crippen LogP) is 5.57. The minimum Gasteiger partial charge on any atom is -0.496 e. The number of aromatic nitrogens is 4. The molecular weight excluding hydrogens is 402 g/mol. The van der Waals surface area contributed by atoms with Gasteiger partial charge in [0.1, 0.15) is 17.2 Å². The van der Waals surface area contributed by atoms with Crippen molar-refractivity contribution >= 4 is 34.2 Å². The first-order chi connectivity index (χ1) is 13.4. The van der Waals surface area contributed by atoms with E-state index in [1.54, 1.807) is 24.1 Å². The van der Waals surface area contributed by atoms with E-state index < -0.39 is 5.82 Å². The zero-order chi connectivity index (χ0) is 20.0. The summed E-state index contributed by atoms with van der Waals surface area (Å²) >= 11 is 12.5. The van der Waals surface area contributed by atoms with Crippen molar-refractivity contribution in [3.63, 3.8) is 0 Å². The average Bonchev–Trinajstić information content (AvgIpc) is 3.25. The molecule has 0 bridgehead atoms. The molecule has 0 fully saturated rings. The van der Waals surface area contributed by atoms with E-state index in [-0.39, 0.29) is 10.9 Å². The molecule has 1 atom stereocenters. The topological polar surface area (TPSA) is 55.7 Å². The van der Waals surface area contributed by atoms with Crippen LogP contribution >= 0.6 is 23.2 Å². The number of benzene rings is 1. The van der Waals surface area contributed by atoms with Gasteiger partial charge in [0.25, 0.3) is 0 Å². The van der Waals surface area contributed by atoms with Gasteiger partial charge in [0, 0.05) is 53.6 Å². The average molecular weight is 419 g/mol. The van der Waals surface area contributed by atoms with Crippen LogP contribution in [0.2, 0.25) is 10.2 Å². The summed E-state index contributed by atoms with van der Waals surface area (Å²) in [6, 6.07) is 4.88. The van der Waals surface area contributed by atoms with Crippen LogP contribution in [-0.4, -0.2) is 26.9 Å². The van der Waals surface area contributed by atoms with Crippen molar-refractivity contribution in [3.8, 4) is 16.9 Å². The van der Waals surface area contributed by atoms with Crippen molar-refractivity contribution in [2.75, 3.05) is 7.11 Å². The maximum atomic E-state index is 14.1. The van der Waals surface area contributed by atoms with Crippen LogP contribution in [0.5, 0.6) is 5.75 Å². The number of methoxy groups -OCH3 is 1. The van der Waals surface area contributed by atoms with E-state index in [2.05, 4.69) is 15.1 Å². The lowest BCUT2D eigenvalue weighted by Crippen LogP contribution is -2.02. The van der Waals surface area contributed by atoms with Gasteiger partial charge in [-0.3, -0.25) is 4.68 Å². The number of rotatable bonds is 4. The molecule has 4 rings (SSSR count). The number of pyridine rings is 1. The summed E-state index contributed by atoms with van der Waals surface area (Å²) in [5.41, 5.74) is 3.87. The fourth-order valence-electron chi connectivity index (χ4n) is 3.47. The molecule has 0 saturated carbocycles. The second-order valence-electron chi connectivity index (χ2n) is 6.57. The smallest absolute Gasteiger partial charge is 0.158 e. The van der Waals surface area contributed by atoms with Gasteiger partial charge in [-0.25, -0.2) is 9.37 Å². The number of fused-ring (bicyclic) bond motifs is 1. The molecule has 28 heavy (non-hydrogen) atoms. The van der Waals surface area contributed by atoms with Crippen LogP contribution in [0.4, 0.5) is 4.39 Å². The zero-order valence-electron chi connectivity index (χ0n) is 15.4. The van der Waals surface area contributed by atoms with Crippen molar-refractivity contribution in [3.05, 3.63) is 63.9 Å². The van der Waals surface area contributed by atoms with Gasteiger partial charge in [0.05, 0.1) is 12.1 Å². The molecule has 144 valence electrons. The Labute approximate surface area is 171 Å². The molecule has 1 aromatic carbocycles. The van der Waals surface area contributed by atoms with Crippen LogP contribution in [0.15, 0.2) is 36.8 Å². The number of nitrogens with zero attached hydrogens (tertiary/aromatic N) is 3. The molecule has 0 saturated heterocycles. The molecule has 0 amide bonds. The van der Waals surface area contributed by atoms with E-state index in [4.69, 9.17) is 27.9 Å². The van der Waals surface area contributed by atoms with Gasteiger partial charge in [-0.15, -0.1) is 0 Å². The number of hydrogen-bond donors (Lipinski definition) is 1. The lowest BCUT2D eigenvalue weighted by atomic mass is 9.91. The maximum absolute atomic E-state index is 14.1. The number of H-pyrrole nitrogens is 1. The van der Waals surface area contributed by atoms with Crippen LogP contribution in [0.25, 0.3) is 22.2 Å². The molecule has 8 heteroatoms. The highest BCUT2D eigenvalue weighted by Gasteiger charge is 2.23. The summed E-state index contributed by atoms with van der Waals surface area (Å²) < 4.78 is 21.2. The molecule has 5 nitrogen and oxygen atoms in total. The van der Waals surface area contributed by atoms with Gasteiger partial charge in [-0.1, -0.05) is 30.1 Å². The summed E-state index contributed by atoms with van der Waals surface area (Å²) in [5, 5.41) is 5.53. The third kappa shape index (κ3) is 3.02. The molecule has 0 spiro atoms. The summed E-state index contributed by atoms with van der Waals surface area (Å²) in [7, 11) is 3.35. The van der Waals surface area contributed by atoms with E-state index in [1.165, 1.54) is 6.07 Å². The largest absolute Gasteiger partial charge is 0.496 e. The SMILES string of the molecule is COc1ccc(F)c(Cl)c1[C@@H](C)c1c[nH]c2ncc(-c3cn(C)nc3Cl)cc12. The van der Waals surface area contributed by atoms with Crippen LogP contribution in [0.3, 0.4) is 0 Å². The fraction of sp³-hybridized carbons (Fsp3) is 0.200. The number of hydrogen-bond acceptors (Lipinski definition) is 3. The Kier molecular flexibility index (Phi) is 4.77. The van der Waals surface area contributed by atoms with E-state index in [1.807, 2.05) is 32.4 Å². The second kappa shape index (κ2) is 7.11. The fourth-order valence-corrected chi connectivity index (χ4v) is 4.07. The molecule has 0 aliphatic heterocycles. The molecular formula is C20H17Cl2FN4O. The molecule has 0 radical (unpaired) electrons. The highest BCUT2D eigenvalue weighted by molar-refractivity contribution is 6.32. The minimum absolute atomic E-state index is 0.0561. The second-order valence-corrected chi connectivity index (χ2v) is 7.31. The van der Waals surface area contributed by atoms with Crippen molar-refractivity contribution in [1.82, 2.24) is 19.7 Å². The standard InChI is InChI=1S/C20H17Cl2FN4O/c1-10(17-16(28-3)5-4-15(23)18(17)21)13-8-25-20-12(13)6-11(7-24-20)14-9-27(2)26-19(14)22/h4-10H,1-3H3,(H,24,25)/t10-/m0/s1. The molecule has 0 unspecified atom stereocenters. The summed E-state index contributed by atoms with van der Waals surface area (Å²) in [6.07, 6.45) is 5.44. The Morgan fingerprint density at radius 3 is 2.75 bits per heavy atom. The summed E-state index contributed by atoms with van der Waals surface area (Å²) in [6.45, 7) is 1.95. The Hall–Kier alpha value is -2.57. The van der Waals surface area contributed by atoms with Crippen LogP contribution < -0.4 is 4.74 Å². The monoisotopic (exact) mass is 418 g/mol. The highest BCUT2D eigenvalue weighted by atomic mass is 35.5. The lowest BCUT2D eigenvalue weighted by Gasteiger charge is -2.17. The molecule has 3 heterocycles. The Bertz CT molecular complexity index is 1180.